The average Bonchev–Trinajstić information content (AvgIpc) is 2.58. The molecule has 3 nitrogen and oxygen atoms in total. The molecule has 0 aliphatic carbocycles. The third kappa shape index (κ3) is 2.33. The Kier molecular flexibility index (Phi) is 3.18. The first-order chi connectivity index (χ1) is 8.09. The lowest BCUT2D eigenvalue weighted by molar-refractivity contribution is 0.755. The summed E-state index contributed by atoms with van der Waals surface area (Å²) < 4.78 is 1.91. The Morgan fingerprint density at radius 3 is 2.41 bits per heavy atom. The molecular formula is C14H19N3. The van der Waals surface area contributed by atoms with Gasteiger partial charge in [0.15, 0.2) is 0 Å². The fourth-order valence-electron chi connectivity index (χ4n) is 1.98. The predicted octanol–water partition coefficient (Wildman–Crippen LogP) is 3.22. The van der Waals surface area contributed by atoms with Gasteiger partial charge in [-0.2, -0.15) is 5.10 Å². The van der Waals surface area contributed by atoms with Gasteiger partial charge in [-0.1, -0.05) is 30.3 Å². The van der Waals surface area contributed by atoms with E-state index in [0.29, 0.717) is 6.04 Å². The quantitative estimate of drug-likeness (QED) is 0.875. The summed E-state index contributed by atoms with van der Waals surface area (Å²) >= 11 is 0. The van der Waals surface area contributed by atoms with Gasteiger partial charge in [-0.25, -0.2) is 0 Å². The van der Waals surface area contributed by atoms with Gasteiger partial charge in [0.1, 0.15) is 5.82 Å². The van der Waals surface area contributed by atoms with E-state index >= 15 is 0 Å². The summed E-state index contributed by atoms with van der Waals surface area (Å²) in [5, 5.41) is 8.02. The first kappa shape index (κ1) is 11.7. The Hall–Kier alpha value is -1.77. The number of hydrogen-bond acceptors (Lipinski definition) is 2. The minimum atomic E-state index is 0.410. The summed E-state index contributed by atoms with van der Waals surface area (Å²) in [4.78, 5) is 0. The molecule has 2 aromatic rings. The topological polar surface area (TPSA) is 29.9 Å². The standard InChI is InChI=1S/C14H19N3/c1-10(2)15-14-11(3)13(16-17(14)4)12-8-6-5-7-9-12/h5-10,15H,1-4H3. The maximum absolute atomic E-state index is 4.59. The van der Waals surface area contributed by atoms with Gasteiger partial charge in [0.25, 0.3) is 0 Å². The van der Waals surface area contributed by atoms with E-state index in [1.165, 1.54) is 5.56 Å². The van der Waals surface area contributed by atoms with Gasteiger partial charge in [0.05, 0.1) is 5.69 Å². The molecule has 90 valence electrons. The number of anilines is 1. The molecule has 0 atom stereocenters. The molecule has 1 heterocycles. The Bertz CT molecular complexity index is 498. The average molecular weight is 229 g/mol. The fourth-order valence-corrected chi connectivity index (χ4v) is 1.98. The highest BCUT2D eigenvalue weighted by Crippen LogP contribution is 2.27. The second-order valence-corrected chi connectivity index (χ2v) is 4.61. The van der Waals surface area contributed by atoms with Crippen LogP contribution >= 0.6 is 0 Å². The van der Waals surface area contributed by atoms with Crippen LogP contribution in [-0.2, 0) is 7.05 Å². The number of rotatable bonds is 3. The van der Waals surface area contributed by atoms with Crippen molar-refractivity contribution in [2.75, 3.05) is 5.32 Å². The van der Waals surface area contributed by atoms with E-state index in [1.54, 1.807) is 0 Å². The molecule has 0 aliphatic heterocycles. The number of nitrogens with zero attached hydrogens (tertiary/aromatic N) is 2. The number of nitrogens with one attached hydrogen (secondary N) is 1. The lowest BCUT2D eigenvalue weighted by Gasteiger charge is -2.10. The summed E-state index contributed by atoms with van der Waals surface area (Å²) in [5.74, 6) is 1.10. The van der Waals surface area contributed by atoms with Crippen LogP contribution in [-0.4, -0.2) is 15.8 Å². The van der Waals surface area contributed by atoms with Crippen LogP contribution in [0.15, 0.2) is 30.3 Å². The van der Waals surface area contributed by atoms with Crippen LogP contribution in [0.4, 0.5) is 5.82 Å². The molecule has 0 aliphatic rings. The molecule has 1 aromatic heterocycles. The van der Waals surface area contributed by atoms with Crippen molar-refractivity contribution >= 4 is 5.82 Å². The van der Waals surface area contributed by atoms with Gasteiger partial charge >= 0.3 is 0 Å². The number of aromatic nitrogens is 2. The Labute approximate surface area is 102 Å². The van der Waals surface area contributed by atoms with E-state index < -0.39 is 0 Å². The first-order valence-corrected chi connectivity index (χ1v) is 5.95. The van der Waals surface area contributed by atoms with Crippen molar-refractivity contribution < 1.29 is 0 Å². The molecular weight excluding hydrogens is 210 g/mol. The smallest absolute Gasteiger partial charge is 0.127 e. The van der Waals surface area contributed by atoms with Gasteiger partial charge < -0.3 is 5.32 Å². The normalized spacial score (nSPS) is 10.9. The van der Waals surface area contributed by atoms with E-state index in [1.807, 2.05) is 29.9 Å². The molecule has 1 N–H and O–H groups in total. The van der Waals surface area contributed by atoms with Crippen LogP contribution in [0.5, 0.6) is 0 Å². The summed E-state index contributed by atoms with van der Waals surface area (Å²) in [7, 11) is 1.98. The van der Waals surface area contributed by atoms with Crippen LogP contribution < -0.4 is 5.32 Å². The molecule has 0 saturated heterocycles. The van der Waals surface area contributed by atoms with Crippen molar-refractivity contribution in [3.8, 4) is 11.3 Å². The molecule has 0 bridgehead atoms. The third-order valence-electron chi connectivity index (χ3n) is 2.76. The Morgan fingerprint density at radius 1 is 1.18 bits per heavy atom. The second-order valence-electron chi connectivity index (χ2n) is 4.61. The van der Waals surface area contributed by atoms with Crippen LogP contribution in [0.3, 0.4) is 0 Å². The van der Waals surface area contributed by atoms with Gasteiger partial charge in [0.2, 0.25) is 0 Å². The van der Waals surface area contributed by atoms with Crippen molar-refractivity contribution in [1.29, 1.82) is 0 Å². The third-order valence-corrected chi connectivity index (χ3v) is 2.76. The van der Waals surface area contributed by atoms with Crippen molar-refractivity contribution in [2.24, 2.45) is 7.05 Å². The van der Waals surface area contributed by atoms with Gasteiger partial charge in [-0.15, -0.1) is 0 Å². The summed E-state index contributed by atoms with van der Waals surface area (Å²) in [6.07, 6.45) is 0. The fraction of sp³-hybridized carbons (Fsp3) is 0.357. The number of benzene rings is 1. The molecule has 0 saturated carbocycles. The van der Waals surface area contributed by atoms with Crippen LogP contribution in [0.1, 0.15) is 19.4 Å². The summed E-state index contributed by atoms with van der Waals surface area (Å²) in [5.41, 5.74) is 3.42. The SMILES string of the molecule is Cc1c(-c2ccccc2)nn(C)c1NC(C)C. The second kappa shape index (κ2) is 4.62. The van der Waals surface area contributed by atoms with E-state index in [-0.39, 0.29) is 0 Å². The van der Waals surface area contributed by atoms with E-state index in [2.05, 4.69) is 43.3 Å². The van der Waals surface area contributed by atoms with E-state index in [0.717, 1.165) is 17.1 Å². The Morgan fingerprint density at radius 2 is 1.82 bits per heavy atom. The monoisotopic (exact) mass is 229 g/mol. The van der Waals surface area contributed by atoms with Crippen molar-refractivity contribution in [3.63, 3.8) is 0 Å². The molecule has 0 radical (unpaired) electrons. The number of hydrogen-bond donors (Lipinski definition) is 1. The minimum Gasteiger partial charge on any atom is -0.368 e. The minimum absolute atomic E-state index is 0.410. The highest BCUT2D eigenvalue weighted by atomic mass is 15.3. The summed E-state index contributed by atoms with van der Waals surface area (Å²) in [6, 6.07) is 10.7. The Balaban J connectivity index is 2.44. The molecule has 2 rings (SSSR count). The molecule has 0 spiro atoms. The lowest BCUT2D eigenvalue weighted by Crippen LogP contribution is -2.13. The van der Waals surface area contributed by atoms with Crippen molar-refractivity contribution in [1.82, 2.24) is 9.78 Å². The largest absolute Gasteiger partial charge is 0.368 e. The van der Waals surface area contributed by atoms with E-state index in [9.17, 15) is 0 Å². The van der Waals surface area contributed by atoms with Gasteiger partial charge in [-0.05, 0) is 20.8 Å². The number of aryl methyl sites for hydroxylation is 1. The zero-order chi connectivity index (χ0) is 12.4. The van der Waals surface area contributed by atoms with Crippen LogP contribution in [0.25, 0.3) is 11.3 Å². The van der Waals surface area contributed by atoms with Crippen molar-refractivity contribution in [2.45, 2.75) is 26.8 Å². The van der Waals surface area contributed by atoms with Gasteiger partial charge in [0, 0.05) is 24.2 Å². The molecule has 17 heavy (non-hydrogen) atoms. The molecule has 0 unspecified atom stereocenters. The maximum Gasteiger partial charge on any atom is 0.127 e. The molecule has 1 aromatic carbocycles. The highest BCUT2D eigenvalue weighted by molar-refractivity contribution is 5.68. The van der Waals surface area contributed by atoms with Gasteiger partial charge in [-0.3, -0.25) is 4.68 Å². The maximum atomic E-state index is 4.59. The lowest BCUT2D eigenvalue weighted by atomic mass is 10.1. The molecule has 3 heteroatoms. The predicted molar refractivity (Wildman–Crippen MR) is 72.1 cm³/mol. The van der Waals surface area contributed by atoms with Crippen LogP contribution in [0, 0.1) is 6.92 Å². The zero-order valence-corrected chi connectivity index (χ0v) is 10.9. The summed E-state index contributed by atoms with van der Waals surface area (Å²) in [6.45, 7) is 6.38. The van der Waals surface area contributed by atoms with Crippen molar-refractivity contribution in [3.05, 3.63) is 35.9 Å². The van der Waals surface area contributed by atoms with E-state index in [4.69, 9.17) is 0 Å². The molecule has 0 amide bonds. The van der Waals surface area contributed by atoms with Crippen LogP contribution in [0.2, 0.25) is 0 Å². The molecule has 0 fully saturated rings. The highest BCUT2D eigenvalue weighted by Gasteiger charge is 2.13. The zero-order valence-electron chi connectivity index (χ0n) is 10.9. The first-order valence-electron chi connectivity index (χ1n) is 5.95.